The molecule has 0 saturated carbocycles. The van der Waals surface area contributed by atoms with E-state index in [0.717, 1.165) is 30.8 Å². The number of thioether (sulfide) groups is 1. The minimum absolute atomic E-state index is 0.00626. The number of nitrogens with zero attached hydrogens (tertiary/aromatic N) is 1. The fraction of sp³-hybridized carbons (Fsp3) is 0.615. The number of nitrogens with one attached hydrogen (secondary N) is 2. The minimum Gasteiger partial charge on any atom is -0.369 e. The first kappa shape index (κ1) is 17.1. The van der Waals surface area contributed by atoms with Gasteiger partial charge in [-0.1, -0.05) is 6.92 Å². The highest BCUT2D eigenvalue weighted by Gasteiger charge is 2.25. The molecule has 0 spiro atoms. The van der Waals surface area contributed by atoms with Gasteiger partial charge in [0.25, 0.3) is 0 Å². The number of halogens is 1. The molecule has 1 aromatic rings. The summed E-state index contributed by atoms with van der Waals surface area (Å²) in [6, 6.07) is 1.61. The van der Waals surface area contributed by atoms with E-state index in [9.17, 15) is 8.42 Å². The smallest absolute Gasteiger partial charge is 0.244 e. The van der Waals surface area contributed by atoms with Crippen molar-refractivity contribution in [1.29, 1.82) is 0 Å². The number of hydrogen-bond donors (Lipinski definition) is 2. The highest BCUT2D eigenvalue weighted by atomic mass is 79.9. The Hall–Kier alpha value is -0.310. The van der Waals surface area contributed by atoms with Crippen LogP contribution in [0, 0.1) is 0 Å². The molecule has 21 heavy (non-hydrogen) atoms. The zero-order valence-electron chi connectivity index (χ0n) is 11.9. The third-order valence-electron chi connectivity index (χ3n) is 3.13. The number of pyridine rings is 1. The molecule has 1 fully saturated rings. The number of hydrogen-bond acceptors (Lipinski definition) is 5. The van der Waals surface area contributed by atoms with Crippen LogP contribution >= 0.6 is 27.7 Å². The van der Waals surface area contributed by atoms with Crippen LogP contribution in [0.5, 0.6) is 0 Å². The molecule has 1 atom stereocenters. The lowest BCUT2D eigenvalue weighted by molar-refractivity contribution is 0.543. The van der Waals surface area contributed by atoms with Gasteiger partial charge in [-0.3, -0.25) is 0 Å². The third-order valence-corrected chi connectivity index (χ3v) is 6.32. The van der Waals surface area contributed by atoms with Gasteiger partial charge in [-0.25, -0.2) is 18.1 Å². The maximum absolute atomic E-state index is 12.6. The first-order chi connectivity index (χ1) is 10.0. The van der Waals surface area contributed by atoms with Crippen LogP contribution in [0.25, 0.3) is 0 Å². The van der Waals surface area contributed by atoms with E-state index in [0.29, 0.717) is 16.8 Å². The van der Waals surface area contributed by atoms with Gasteiger partial charge in [0.2, 0.25) is 10.0 Å². The molecular weight excluding hydrogens is 374 g/mol. The van der Waals surface area contributed by atoms with Crippen LogP contribution < -0.4 is 10.0 Å². The van der Waals surface area contributed by atoms with Crippen molar-refractivity contribution in [2.45, 2.75) is 37.1 Å². The molecule has 1 unspecified atom stereocenters. The van der Waals surface area contributed by atoms with Crippen LogP contribution in [-0.2, 0) is 10.0 Å². The maximum atomic E-state index is 12.6. The van der Waals surface area contributed by atoms with Crippen molar-refractivity contribution in [3.63, 3.8) is 0 Å². The minimum atomic E-state index is -3.56. The molecule has 5 nitrogen and oxygen atoms in total. The molecule has 2 heterocycles. The second-order valence-corrected chi connectivity index (χ2v) is 8.71. The summed E-state index contributed by atoms with van der Waals surface area (Å²) in [7, 11) is -3.56. The second-order valence-electron chi connectivity index (χ2n) is 4.96. The monoisotopic (exact) mass is 393 g/mol. The van der Waals surface area contributed by atoms with Crippen molar-refractivity contribution < 1.29 is 8.42 Å². The Morgan fingerprint density at radius 2 is 2.33 bits per heavy atom. The summed E-state index contributed by atoms with van der Waals surface area (Å²) in [5, 5.41) is 3.08. The van der Waals surface area contributed by atoms with Crippen LogP contribution in [0.4, 0.5) is 5.82 Å². The van der Waals surface area contributed by atoms with Crippen LogP contribution in [-0.4, -0.2) is 37.5 Å². The molecule has 0 bridgehead atoms. The van der Waals surface area contributed by atoms with E-state index in [1.807, 2.05) is 6.92 Å². The second kappa shape index (κ2) is 7.80. The molecule has 1 aromatic heterocycles. The SMILES string of the molecule is CCCNc1ncc(Br)cc1S(=O)(=O)NC1CCCSC1. The lowest BCUT2D eigenvalue weighted by Crippen LogP contribution is -2.38. The van der Waals surface area contributed by atoms with Gasteiger partial charge in [-0.2, -0.15) is 11.8 Å². The highest BCUT2D eigenvalue weighted by Crippen LogP contribution is 2.25. The van der Waals surface area contributed by atoms with Gasteiger partial charge in [-0.15, -0.1) is 0 Å². The molecule has 1 aliphatic rings. The van der Waals surface area contributed by atoms with Crippen molar-refractivity contribution in [3.8, 4) is 0 Å². The normalized spacial score (nSPS) is 19.4. The van der Waals surface area contributed by atoms with Crippen molar-refractivity contribution in [2.24, 2.45) is 0 Å². The Bertz CT molecular complexity index is 575. The molecule has 0 aliphatic carbocycles. The van der Waals surface area contributed by atoms with Crippen molar-refractivity contribution in [1.82, 2.24) is 9.71 Å². The summed E-state index contributed by atoms with van der Waals surface area (Å²) in [6.07, 6.45) is 4.46. The van der Waals surface area contributed by atoms with E-state index in [2.05, 4.69) is 31.0 Å². The lowest BCUT2D eigenvalue weighted by Gasteiger charge is -2.23. The molecule has 0 aromatic carbocycles. The average Bonchev–Trinajstić information content (AvgIpc) is 2.46. The van der Waals surface area contributed by atoms with Gasteiger partial charge in [0.15, 0.2) is 0 Å². The van der Waals surface area contributed by atoms with Gasteiger partial charge in [0, 0.05) is 29.0 Å². The van der Waals surface area contributed by atoms with E-state index in [1.165, 1.54) is 0 Å². The number of anilines is 1. The summed E-state index contributed by atoms with van der Waals surface area (Å²) in [4.78, 5) is 4.40. The molecule has 118 valence electrons. The van der Waals surface area contributed by atoms with E-state index in [-0.39, 0.29) is 10.9 Å². The Kier molecular flexibility index (Phi) is 6.34. The predicted molar refractivity (Wildman–Crippen MR) is 91.4 cm³/mol. The van der Waals surface area contributed by atoms with Crippen molar-refractivity contribution in [3.05, 3.63) is 16.7 Å². The molecule has 2 rings (SSSR count). The van der Waals surface area contributed by atoms with Crippen molar-refractivity contribution >= 4 is 43.5 Å². The molecule has 1 saturated heterocycles. The molecule has 8 heteroatoms. The summed E-state index contributed by atoms with van der Waals surface area (Å²) < 4.78 is 28.7. The summed E-state index contributed by atoms with van der Waals surface area (Å²) in [5.74, 6) is 2.36. The topological polar surface area (TPSA) is 71.1 Å². The third kappa shape index (κ3) is 4.84. The van der Waals surface area contributed by atoms with Crippen LogP contribution in [0.3, 0.4) is 0 Å². The van der Waals surface area contributed by atoms with Gasteiger partial charge in [0.05, 0.1) is 0 Å². The van der Waals surface area contributed by atoms with E-state index in [1.54, 1.807) is 24.0 Å². The zero-order valence-corrected chi connectivity index (χ0v) is 15.2. The first-order valence-electron chi connectivity index (χ1n) is 7.02. The lowest BCUT2D eigenvalue weighted by atomic mass is 10.2. The molecule has 0 radical (unpaired) electrons. The highest BCUT2D eigenvalue weighted by molar-refractivity contribution is 9.10. The Morgan fingerprint density at radius 3 is 3.00 bits per heavy atom. The van der Waals surface area contributed by atoms with E-state index in [4.69, 9.17) is 0 Å². The van der Waals surface area contributed by atoms with Crippen molar-refractivity contribution in [2.75, 3.05) is 23.4 Å². The van der Waals surface area contributed by atoms with Crippen LogP contribution in [0.2, 0.25) is 0 Å². The largest absolute Gasteiger partial charge is 0.369 e. The Morgan fingerprint density at radius 1 is 1.52 bits per heavy atom. The van der Waals surface area contributed by atoms with E-state index >= 15 is 0 Å². The average molecular weight is 394 g/mol. The molecular formula is C13H20BrN3O2S2. The Balaban J connectivity index is 2.22. The number of rotatable bonds is 6. The molecule has 1 aliphatic heterocycles. The van der Waals surface area contributed by atoms with Gasteiger partial charge >= 0.3 is 0 Å². The fourth-order valence-electron chi connectivity index (χ4n) is 2.12. The van der Waals surface area contributed by atoms with Gasteiger partial charge in [0.1, 0.15) is 10.7 Å². The van der Waals surface area contributed by atoms with Crippen LogP contribution in [0.15, 0.2) is 21.6 Å². The molecule has 2 N–H and O–H groups in total. The summed E-state index contributed by atoms with van der Waals surface area (Å²) in [5.41, 5.74) is 0. The fourth-order valence-corrected chi connectivity index (χ4v) is 5.21. The maximum Gasteiger partial charge on any atom is 0.244 e. The first-order valence-corrected chi connectivity index (χ1v) is 10.5. The number of sulfonamides is 1. The van der Waals surface area contributed by atoms with E-state index < -0.39 is 10.0 Å². The van der Waals surface area contributed by atoms with Gasteiger partial charge in [-0.05, 0) is 47.0 Å². The number of aromatic nitrogens is 1. The predicted octanol–water partition coefficient (Wildman–Crippen LogP) is 2.84. The van der Waals surface area contributed by atoms with Gasteiger partial charge < -0.3 is 5.32 Å². The standard InChI is InChI=1S/C13H20BrN3O2S2/c1-2-5-15-13-12(7-10(14)8-16-13)21(18,19)17-11-4-3-6-20-9-11/h7-8,11,17H,2-6,9H2,1H3,(H,15,16). The molecule has 0 amide bonds. The quantitative estimate of drug-likeness (QED) is 0.777. The summed E-state index contributed by atoms with van der Waals surface area (Å²) in [6.45, 7) is 2.72. The van der Waals surface area contributed by atoms with Crippen LogP contribution in [0.1, 0.15) is 26.2 Å². The summed E-state index contributed by atoms with van der Waals surface area (Å²) >= 11 is 5.09. The Labute approximate surface area is 138 Å². The zero-order chi connectivity index (χ0) is 15.3.